The molecule has 1 aromatic rings. The van der Waals surface area contributed by atoms with E-state index in [1.165, 1.54) is 6.07 Å². The fourth-order valence-corrected chi connectivity index (χ4v) is 2.93. The molecular weight excluding hydrogens is 317 g/mol. The van der Waals surface area contributed by atoms with Crippen molar-refractivity contribution in [2.24, 2.45) is 11.3 Å². The maximum absolute atomic E-state index is 13.7. The molecule has 3 heteroatoms. The van der Waals surface area contributed by atoms with E-state index in [2.05, 4.69) is 48.9 Å². The number of rotatable bonds is 8. The maximum Gasteiger partial charge on any atom is 0.137 e. The second-order valence-corrected chi connectivity index (χ2v) is 6.91. The lowest BCUT2D eigenvalue weighted by atomic mass is 9.76. The number of hydrogen-bond acceptors (Lipinski definition) is 1. The Balaban J connectivity index is 2.82. The fraction of sp³-hybridized carbons (Fsp3) is 0.647. The molecule has 1 N–H and O–H groups in total. The zero-order chi connectivity index (χ0) is 15.2. The Morgan fingerprint density at radius 1 is 1.25 bits per heavy atom. The molecule has 0 heterocycles. The van der Waals surface area contributed by atoms with E-state index in [1.54, 1.807) is 6.07 Å². The fourth-order valence-electron chi connectivity index (χ4n) is 2.53. The molecule has 0 bridgehead atoms. The van der Waals surface area contributed by atoms with Crippen molar-refractivity contribution in [3.8, 4) is 0 Å². The lowest BCUT2D eigenvalue weighted by Crippen LogP contribution is -2.37. The van der Waals surface area contributed by atoms with Gasteiger partial charge < -0.3 is 5.32 Å². The Morgan fingerprint density at radius 2 is 1.90 bits per heavy atom. The van der Waals surface area contributed by atoms with Crippen molar-refractivity contribution in [2.45, 2.75) is 47.0 Å². The molecule has 0 aromatic heterocycles. The van der Waals surface area contributed by atoms with Crippen LogP contribution in [-0.4, -0.2) is 13.1 Å². The normalized spacial score (nSPS) is 12.2. The molecule has 0 saturated heterocycles. The average molecular weight is 344 g/mol. The number of hydrogen-bond donors (Lipinski definition) is 1. The highest BCUT2D eigenvalue weighted by molar-refractivity contribution is 9.10. The van der Waals surface area contributed by atoms with Gasteiger partial charge in [-0.3, -0.25) is 0 Å². The molecule has 0 aliphatic rings. The second kappa shape index (κ2) is 8.14. The van der Waals surface area contributed by atoms with E-state index >= 15 is 0 Å². The van der Waals surface area contributed by atoms with Gasteiger partial charge in [0.25, 0.3) is 0 Å². The van der Waals surface area contributed by atoms with E-state index in [0.717, 1.165) is 37.9 Å². The molecule has 0 aliphatic carbocycles. The molecule has 0 saturated carbocycles. The van der Waals surface area contributed by atoms with Gasteiger partial charge in [0.1, 0.15) is 5.82 Å². The van der Waals surface area contributed by atoms with Gasteiger partial charge in [-0.15, -0.1) is 0 Å². The molecule has 0 fully saturated rings. The standard InChI is InChI=1S/C17H27BrFN/c1-5-17(6-2,12-20-11-13(3)4)10-14-8-7-9-15(19)16(14)18/h7-9,13,20H,5-6,10-12H2,1-4H3. The van der Waals surface area contributed by atoms with Crippen LogP contribution in [0, 0.1) is 17.2 Å². The van der Waals surface area contributed by atoms with Crippen LogP contribution in [0.2, 0.25) is 0 Å². The number of nitrogens with one attached hydrogen (secondary N) is 1. The summed E-state index contributed by atoms with van der Waals surface area (Å²) in [4.78, 5) is 0. The molecule has 1 nitrogen and oxygen atoms in total. The molecular formula is C17H27BrFN. The molecule has 0 aliphatic heterocycles. The molecule has 20 heavy (non-hydrogen) atoms. The summed E-state index contributed by atoms with van der Waals surface area (Å²) < 4.78 is 14.3. The van der Waals surface area contributed by atoms with E-state index in [1.807, 2.05) is 6.07 Å². The van der Waals surface area contributed by atoms with Crippen LogP contribution in [0.4, 0.5) is 4.39 Å². The Hall–Kier alpha value is -0.410. The summed E-state index contributed by atoms with van der Waals surface area (Å²) in [6, 6.07) is 5.33. The maximum atomic E-state index is 13.7. The molecule has 0 spiro atoms. The number of halogens is 2. The van der Waals surface area contributed by atoms with Gasteiger partial charge in [0.05, 0.1) is 4.47 Å². The van der Waals surface area contributed by atoms with Crippen LogP contribution < -0.4 is 5.32 Å². The van der Waals surface area contributed by atoms with Gasteiger partial charge in [-0.05, 0) is 64.7 Å². The van der Waals surface area contributed by atoms with E-state index in [4.69, 9.17) is 0 Å². The highest BCUT2D eigenvalue weighted by Gasteiger charge is 2.27. The van der Waals surface area contributed by atoms with Crippen molar-refractivity contribution in [3.05, 3.63) is 34.1 Å². The quantitative estimate of drug-likeness (QED) is 0.685. The average Bonchev–Trinajstić information content (AvgIpc) is 2.42. The van der Waals surface area contributed by atoms with Crippen molar-refractivity contribution < 1.29 is 4.39 Å². The predicted molar refractivity (Wildman–Crippen MR) is 88.5 cm³/mol. The molecule has 0 radical (unpaired) electrons. The first-order valence-electron chi connectivity index (χ1n) is 7.57. The monoisotopic (exact) mass is 343 g/mol. The summed E-state index contributed by atoms with van der Waals surface area (Å²) >= 11 is 3.39. The third-order valence-electron chi connectivity index (χ3n) is 4.15. The van der Waals surface area contributed by atoms with Crippen LogP contribution in [0.3, 0.4) is 0 Å². The zero-order valence-corrected chi connectivity index (χ0v) is 14.7. The van der Waals surface area contributed by atoms with Crippen LogP contribution in [0.5, 0.6) is 0 Å². The van der Waals surface area contributed by atoms with Gasteiger partial charge in [-0.1, -0.05) is 39.8 Å². The zero-order valence-electron chi connectivity index (χ0n) is 13.1. The molecule has 0 amide bonds. The topological polar surface area (TPSA) is 12.0 Å². The van der Waals surface area contributed by atoms with Crippen LogP contribution in [0.1, 0.15) is 46.1 Å². The minimum absolute atomic E-state index is 0.168. The van der Waals surface area contributed by atoms with Gasteiger partial charge in [0.2, 0.25) is 0 Å². The second-order valence-electron chi connectivity index (χ2n) is 6.12. The van der Waals surface area contributed by atoms with Crippen molar-refractivity contribution in [3.63, 3.8) is 0 Å². The Labute approximate surface area is 131 Å². The third kappa shape index (κ3) is 4.85. The summed E-state index contributed by atoms with van der Waals surface area (Å²) in [6.07, 6.45) is 3.10. The van der Waals surface area contributed by atoms with Crippen LogP contribution in [-0.2, 0) is 6.42 Å². The SMILES string of the molecule is CCC(CC)(CNCC(C)C)Cc1cccc(F)c1Br. The van der Waals surface area contributed by atoms with Crippen LogP contribution in [0.25, 0.3) is 0 Å². The largest absolute Gasteiger partial charge is 0.316 e. The summed E-state index contributed by atoms with van der Waals surface area (Å²) in [7, 11) is 0. The lowest BCUT2D eigenvalue weighted by Gasteiger charge is -2.33. The van der Waals surface area contributed by atoms with Crippen molar-refractivity contribution in [1.29, 1.82) is 0 Å². The van der Waals surface area contributed by atoms with Crippen molar-refractivity contribution in [1.82, 2.24) is 5.32 Å². The van der Waals surface area contributed by atoms with Crippen LogP contribution in [0.15, 0.2) is 22.7 Å². The first-order chi connectivity index (χ1) is 9.44. The summed E-state index contributed by atoms with van der Waals surface area (Å²) in [5.41, 5.74) is 1.27. The van der Waals surface area contributed by atoms with Gasteiger partial charge in [-0.2, -0.15) is 0 Å². The van der Waals surface area contributed by atoms with E-state index in [0.29, 0.717) is 10.4 Å². The summed E-state index contributed by atoms with van der Waals surface area (Å²) in [6.45, 7) is 10.9. The summed E-state index contributed by atoms with van der Waals surface area (Å²) in [5.74, 6) is 0.487. The highest BCUT2D eigenvalue weighted by Crippen LogP contribution is 2.33. The first kappa shape index (κ1) is 17.6. The first-order valence-corrected chi connectivity index (χ1v) is 8.37. The Kier molecular flexibility index (Phi) is 7.18. The molecule has 0 unspecified atom stereocenters. The van der Waals surface area contributed by atoms with E-state index < -0.39 is 0 Å². The lowest BCUT2D eigenvalue weighted by molar-refractivity contribution is 0.242. The highest BCUT2D eigenvalue weighted by atomic mass is 79.9. The minimum Gasteiger partial charge on any atom is -0.316 e. The molecule has 1 aromatic carbocycles. The predicted octanol–water partition coefficient (Wildman–Crippen LogP) is 5.18. The summed E-state index contributed by atoms with van der Waals surface area (Å²) in [5, 5.41) is 3.57. The molecule has 1 rings (SSSR count). The van der Waals surface area contributed by atoms with Gasteiger partial charge in [-0.25, -0.2) is 4.39 Å². The minimum atomic E-state index is -0.168. The Morgan fingerprint density at radius 3 is 2.45 bits per heavy atom. The van der Waals surface area contributed by atoms with Gasteiger partial charge in [0.15, 0.2) is 0 Å². The Bertz CT molecular complexity index is 413. The van der Waals surface area contributed by atoms with Crippen molar-refractivity contribution in [2.75, 3.05) is 13.1 Å². The molecule has 0 atom stereocenters. The molecule has 114 valence electrons. The van der Waals surface area contributed by atoms with Gasteiger partial charge >= 0.3 is 0 Å². The van der Waals surface area contributed by atoms with Gasteiger partial charge in [0, 0.05) is 6.54 Å². The van der Waals surface area contributed by atoms with E-state index in [9.17, 15) is 4.39 Å². The number of benzene rings is 1. The van der Waals surface area contributed by atoms with Crippen LogP contribution >= 0.6 is 15.9 Å². The third-order valence-corrected chi connectivity index (χ3v) is 5.04. The van der Waals surface area contributed by atoms with Crippen molar-refractivity contribution >= 4 is 15.9 Å². The smallest absolute Gasteiger partial charge is 0.137 e. The van der Waals surface area contributed by atoms with E-state index in [-0.39, 0.29) is 11.2 Å².